The zero-order valence-electron chi connectivity index (χ0n) is 9.99. The van der Waals surface area contributed by atoms with E-state index in [0.29, 0.717) is 9.37 Å². The Hall–Kier alpha value is -1.94. The highest BCUT2D eigenvalue weighted by Gasteiger charge is 2.17. The second-order valence-electron chi connectivity index (χ2n) is 3.67. The van der Waals surface area contributed by atoms with Crippen LogP contribution in [-0.2, 0) is 7.05 Å². The molecular weight excluding hydrogens is 352 g/mol. The molecule has 2 rings (SSSR count). The average molecular weight is 359 g/mol. The molecular formula is C10H7BrN4O4S. The van der Waals surface area contributed by atoms with Gasteiger partial charge in [-0.05, 0) is 23.9 Å². The number of nitrogens with one attached hydrogen (secondary N) is 1. The van der Waals surface area contributed by atoms with E-state index in [4.69, 9.17) is 0 Å². The Bertz CT molecular complexity index is 801. The molecule has 0 bridgehead atoms. The smallest absolute Gasteiger partial charge is 0.265 e. The van der Waals surface area contributed by atoms with E-state index in [1.54, 1.807) is 6.07 Å². The van der Waals surface area contributed by atoms with E-state index in [9.17, 15) is 19.7 Å². The monoisotopic (exact) mass is 358 g/mol. The molecule has 0 aliphatic rings. The number of benzene rings is 1. The fourth-order valence-corrected chi connectivity index (χ4v) is 2.60. The van der Waals surface area contributed by atoms with Crippen LogP contribution >= 0.6 is 27.7 Å². The van der Waals surface area contributed by atoms with Gasteiger partial charge in [0.1, 0.15) is 0 Å². The molecule has 0 aliphatic heterocycles. The molecule has 0 unspecified atom stereocenters. The van der Waals surface area contributed by atoms with Crippen molar-refractivity contribution in [1.29, 1.82) is 0 Å². The largest absolute Gasteiger partial charge is 0.339 e. The van der Waals surface area contributed by atoms with Crippen LogP contribution in [-0.4, -0.2) is 19.7 Å². The van der Waals surface area contributed by atoms with Gasteiger partial charge in [0.05, 0.1) is 9.82 Å². The summed E-state index contributed by atoms with van der Waals surface area (Å²) in [6.45, 7) is 0. The summed E-state index contributed by atoms with van der Waals surface area (Å²) < 4.78 is 1.80. The van der Waals surface area contributed by atoms with E-state index in [1.165, 1.54) is 23.9 Å². The van der Waals surface area contributed by atoms with Gasteiger partial charge in [-0.1, -0.05) is 15.9 Å². The molecule has 0 atom stereocenters. The number of nitrogens with zero attached hydrogens (tertiary/aromatic N) is 3. The fourth-order valence-electron chi connectivity index (χ4n) is 1.37. The molecule has 0 aliphatic carbocycles. The summed E-state index contributed by atoms with van der Waals surface area (Å²) in [6, 6.07) is 4.52. The minimum atomic E-state index is -0.939. The third-order valence-corrected chi connectivity index (χ3v) is 3.87. The Kier molecular flexibility index (Phi) is 4.04. The molecule has 2 aromatic rings. The molecule has 1 N–H and O–H groups in total. The third-order valence-electron chi connectivity index (χ3n) is 2.27. The van der Waals surface area contributed by atoms with Crippen molar-refractivity contribution in [2.24, 2.45) is 7.05 Å². The van der Waals surface area contributed by atoms with Crippen molar-refractivity contribution in [2.75, 3.05) is 0 Å². The highest BCUT2D eigenvalue weighted by atomic mass is 79.9. The van der Waals surface area contributed by atoms with Crippen LogP contribution in [0.4, 0.5) is 5.69 Å². The maximum absolute atomic E-state index is 11.2. The molecule has 0 saturated carbocycles. The Labute approximate surface area is 124 Å². The molecule has 8 nitrogen and oxygen atoms in total. The van der Waals surface area contributed by atoms with Crippen LogP contribution in [0.1, 0.15) is 0 Å². The number of hydrogen-bond donors (Lipinski definition) is 1. The van der Waals surface area contributed by atoms with Crippen LogP contribution in [0, 0.1) is 10.1 Å². The highest BCUT2D eigenvalue weighted by Crippen LogP contribution is 2.34. The zero-order valence-corrected chi connectivity index (χ0v) is 12.4. The van der Waals surface area contributed by atoms with E-state index in [1.807, 2.05) is 0 Å². The maximum Gasteiger partial charge on any atom is 0.339 e. The number of nitro groups is 1. The predicted molar refractivity (Wildman–Crippen MR) is 75.0 cm³/mol. The zero-order chi connectivity index (χ0) is 14.9. The van der Waals surface area contributed by atoms with Crippen LogP contribution in [0.25, 0.3) is 0 Å². The first kappa shape index (κ1) is 14.5. The number of H-pyrrole nitrogens is 1. The molecule has 1 heterocycles. The van der Waals surface area contributed by atoms with Gasteiger partial charge in [-0.25, -0.2) is 0 Å². The molecule has 0 spiro atoms. The lowest BCUT2D eigenvalue weighted by atomic mass is 10.3. The minimum absolute atomic E-state index is 0.121. The van der Waals surface area contributed by atoms with Crippen molar-refractivity contribution in [3.8, 4) is 0 Å². The van der Waals surface area contributed by atoms with E-state index >= 15 is 0 Å². The lowest BCUT2D eigenvalue weighted by Gasteiger charge is -2.06. The van der Waals surface area contributed by atoms with Gasteiger partial charge >= 0.3 is 11.1 Å². The van der Waals surface area contributed by atoms with E-state index < -0.39 is 16.0 Å². The quantitative estimate of drug-likeness (QED) is 0.502. The van der Waals surface area contributed by atoms with Gasteiger partial charge in [0.25, 0.3) is 5.69 Å². The number of aromatic amines is 1. The number of rotatable bonds is 3. The SMILES string of the molecule is Cn1[nH]c(=O)c(=O)nc1Sc1ccc(Br)cc1[N+](=O)[O-]. The van der Waals surface area contributed by atoms with Gasteiger partial charge in [0, 0.05) is 17.6 Å². The van der Waals surface area contributed by atoms with Gasteiger partial charge < -0.3 is 0 Å². The van der Waals surface area contributed by atoms with E-state index in [-0.39, 0.29) is 10.8 Å². The van der Waals surface area contributed by atoms with Crippen LogP contribution in [0.2, 0.25) is 0 Å². The van der Waals surface area contributed by atoms with Crippen molar-refractivity contribution < 1.29 is 4.92 Å². The lowest BCUT2D eigenvalue weighted by Crippen LogP contribution is -2.33. The van der Waals surface area contributed by atoms with E-state index in [0.717, 1.165) is 11.8 Å². The summed E-state index contributed by atoms with van der Waals surface area (Å²) in [5, 5.41) is 13.4. The molecule has 0 fully saturated rings. The Balaban J connectivity index is 2.50. The van der Waals surface area contributed by atoms with Crippen molar-refractivity contribution in [3.05, 3.63) is 53.5 Å². The summed E-state index contributed by atoms with van der Waals surface area (Å²) in [5.41, 5.74) is -1.91. The summed E-state index contributed by atoms with van der Waals surface area (Å²) in [5.74, 6) is 0. The molecule has 0 amide bonds. The average Bonchev–Trinajstić information content (AvgIpc) is 2.37. The molecule has 104 valence electrons. The van der Waals surface area contributed by atoms with Crippen molar-refractivity contribution >= 4 is 33.4 Å². The summed E-state index contributed by atoms with van der Waals surface area (Å²) in [7, 11) is 1.49. The van der Waals surface area contributed by atoms with Gasteiger partial charge in [-0.3, -0.25) is 29.5 Å². The fraction of sp³-hybridized carbons (Fsp3) is 0.100. The second kappa shape index (κ2) is 5.59. The number of halogens is 1. The van der Waals surface area contributed by atoms with Crippen LogP contribution in [0.5, 0.6) is 0 Å². The molecule has 0 radical (unpaired) electrons. The van der Waals surface area contributed by atoms with Gasteiger partial charge in [0.15, 0.2) is 5.16 Å². The van der Waals surface area contributed by atoms with Gasteiger partial charge in [0.2, 0.25) is 0 Å². The van der Waals surface area contributed by atoms with E-state index in [2.05, 4.69) is 26.0 Å². The first-order valence-electron chi connectivity index (χ1n) is 5.17. The van der Waals surface area contributed by atoms with Crippen LogP contribution in [0.3, 0.4) is 0 Å². The topological polar surface area (TPSA) is 111 Å². The van der Waals surface area contributed by atoms with Gasteiger partial charge in [-0.2, -0.15) is 4.98 Å². The Morgan fingerprint density at radius 3 is 2.80 bits per heavy atom. The molecule has 10 heteroatoms. The Morgan fingerprint density at radius 2 is 2.15 bits per heavy atom. The lowest BCUT2D eigenvalue weighted by molar-refractivity contribution is -0.387. The third kappa shape index (κ3) is 2.96. The molecule has 1 aromatic heterocycles. The number of aryl methyl sites for hydroxylation is 1. The van der Waals surface area contributed by atoms with Crippen molar-refractivity contribution in [3.63, 3.8) is 0 Å². The van der Waals surface area contributed by atoms with Crippen molar-refractivity contribution in [2.45, 2.75) is 10.1 Å². The normalized spacial score (nSPS) is 10.5. The Morgan fingerprint density at radius 1 is 1.45 bits per heavy atom. The van der Waals surface area contributed by atoms with Crippen LogP contribution in [0.15, 0.2) is 42.3 Å². The predicted octanol–water partition coefficient (Wildman–Crippen LogP) is 1.29. The minimum Gasteiger partial charge on any atom is -0.265 e. The standard InChI is InChI=1S/C10H7BrN4O4S/c1-14-10(12-8(16)9(17)13-14)20-7-3-2-5(11)4-6(7)15(18)19/h2-4H,1H3,(H,13,17). The highest BCUT2D eigenvalue weighted by molar-refractivity contribution is 9.10. The maximum atomic E-state index is 11.2. The number of nitro benzene ring substituents is 1. The van der Waals surface area contributed by atoms with Gasteiger partial charge in [-0.15, -0.1) is 0 Å². The molecule has 0 saturated heterocycles. The molecule has 20 heavy (non-hydrogen) atoms. The van der Waals surface area contributed by atoms with Crippen LogP contribution < -0.4 is 11.1 Å². The summed E-state index contributed by atoms with van der Waals surface area (Å²) >= 11 is 4.07. The second-order valence-corrected chi connectivity index (χ2v) is 5.60. The first-order chi connectivity index (χ1) is 9.38. The number of hydrogen-bond acceptors (Lipinski definition) is 6. The first-order valence-corrected chi connectivity index (χ1v) is 6.78. The molecule has 1 aromatic carbocycles. The number of aromatic nitrogens is 3. The summed E-state index contributed by atoms with van der Waals surface area (Å²) in [4.78, 5) is 36.7. The van der Waals surface area contributed by atoms with Crippen molar-refractivity contribution in [1.82, 2.24) is 14.8 Å². The summed E-state index contributed by atoms with van der Waals surface area (Å²) in [6.07, 6.45) is 0.